The van der Waals surface area contributed by atoms with Crippen molar-refractivity contribution in [1.82, 2.24) is 19.7 Å². The molecular weight excluding hydrogens is 497 g/mol. The highest BCUT2D eigenvalue weighted by atomic mass is 32.2. The van der Waals surface area contributed by atoms with Crippen LogP contribution in [0.2, 0.25) is 0 Å². The van der Waals surface area contributed by atoms with Crippen molar-refractivity contribution in [3.05, 3.63) is 111 Å². The predicted molar refractivity (Wildman–Crippen MR) is 136 cm³/mol. The Morgan fingerprint density at radius 3 is 2.62 bits per heavy atom. The average molecular weight is 518 g/mol. The second kappa shape index (κ2) is 10.2. The third kappa shape index (κ3) is 5.19. The number of allylic oxidation sites excluding steroid dienone is 1. The highest BCUT2D eigenvalue weighted by Gasteiger charge is 2.34. The van der Waals surface area contributed by atoms with Crippen molar-refractivity contribution in [2.45, 2.75) is 23.9 Å². The summed E-state index contributed by atoms with van der Waals surface area (Å²) in [6, 6.07) is 15.0. The predicted octanol–water partition coefficient (Wildman–Crippen LogP) is 4.94. The molecule has 0 aliphatic carbocycles. The van der Waals surface area contributed by atoms with E-state index in [9.17, 15) is 19.3 Å². The summed E-state index contributed by atoms with van der Waals surface area (Å²) in [4.78, 5) is 32.5. The number of nitrogens with zero attached hydrogens (tertiary/aromatic N) is 5. The van der Waals surface area contributed by atoms with Gasteiger partial charge in [-0.15, -0.1) is 5.10 Å². The van der Waals surface area contributed by atoms with Crippen LogP contribution in [0.3, 0.4) is 0 Å². The second-order valence-corrected chi connectivity index (χ2v) is 9.13. The minimum absolute atomic E-state index is 0.0225. The number of halogens is 1. The van der Waals surface area contributed by atoms with Crippen LogP contribution in [-0.2, 0) is 10.5 Å². The standard InChI is InChI=1S/C25H20FN7O3S/c1-15-21(23(34)29-19-3-2-12-27-13-19)22(17-6-8-18(26)9-7-17)32-24(28-15)30-25(31-32)37-14-16-4-10-20(11-5-16)33(35)36/h2-13,22H,14H2,1H3,(H,29,34)(H,28,30,31). The number of anilines is 2. The number of aromatic nitrogens is 4. The van der Waals surface area contributed by atoms with Gasteiger partial charge in [0.15, 0.2) is 0 Å². The van der Waals surface area contributed by atoms with Gasteiger partial charge in [-0.25, -0.2) is 9.07 Å². The van der Waals surface area contributed by atoms with E-state index in [1.165, 1.54) is 36.0 Å². The first-order valence-corrected chi connectivity index (χ1v) is 12.1. The van der Waals surface area contributed by atoms with Crippen molar-refractivity contribution in [3.63, 3.8) is 0 Å². The Morgan fingerprint density at radius 2 is 1.95 bits per heavy atom. The number of non-ortho nitro benzene ring substituents is 1. The van der Waals surface area contributed by atoms with E-state index in [1.54, 1.807) is 60.4 Å². The number of carbonyl (C=O) groups excluding carboxylic acids is 1. The van der Waals surface area contributed by atoms with E-state index in [0.717, 1.165) is 5.56 Å². The maximum atomic E-state index is 13.7. The molecule has 0 radical (unpaired) electrons. The molecule has 1 aliphatic rings. The number of rotatable bonds is 7. The van der Waals surface area contributed by atoms with Gasteiger partial charge in [0.1, 0.15) is 11.9 Å². The van der Waals surface area contributed by atoms with E-state index >= 15 is 0 Å². The molecule has 1 unspecified atom stereocenters. The van der Waals surface area contributed by atoms with Crippen LogP contribution >= 0.6 is 11.8 Å². The number of carbonyl (C=O) groups is 1. The van der Waals surface area contributed by atoms with Gasteiger partial charge in [-0.2, -0.15) is 4.98 Å². The van der Waals surface area contributed by atoms with Gasteiger partial charge in [0.2, 0.25) is 11.1 Å². The summed E-state index contributed by atoms with van der Waals surface area (Å²) in [6.07, 6.45) is 3.16. The van der Waals surface area contributed by atoms with Crippen molar-refractivity contribution in [1.29, 1.82) is 0 Å². The first-order chi connectivity index (χ1) is 17.9. The van der Waals surface area contributed by atoms with Gasteiger partial charge in [0, 0.05) is 29.8 Å². The van der Waals surface area contributed by atoms with Crippen LogP contribution < -0.4 is 10.6 Å². The molecule has 0 saturated heterocycles. The maximum absolute atomic E-state index is 13.7. The lowest BCUT2D eigenvalue weighted by molar-refractivity contribution is -0.384. The SMILES string of the molecule is CC1=C(C(=O)Nc2cccnc2)C(c2ccc(F)cc2)n2nc(SCc3ccc([N+](=O)[O-])cc3)nc2N1. The van der Waals surface area contributed by atoms with Gasteiger partial charge >= 0.3 is 0 Å². The number of nitro groups is 1. The number of fused-ring (bicyclic) bond motifs is 1. The number of hydrogen-bond donors (Lipinski definition) is 2. The van der Waals surface area contributed by atoms with Crippen LogP contribution in [0.4, 0.5) is 21.7 Å². The van der Waals surface area contributed by atoms with E-state index < -0.39 is 16.8 Å². The summed E-state index contributed by atoms with van der Waals surface area (Å²) in [5.74, 6) is 0.186. The molecule has 1 aliphatic heterocycles. The first kappa shape index (κ1) is 24.1. The van der Waals surface area contributed by atoms with E-state index in [4.69, 9.17) is 0 Å². The van der Waals surface area contributed by atoms with Crippen molar-refractivity contribution in [2.24, 2.45) is 0 Å². The van der Waals surface area contributed by atoms with E-state index in [-0.39, 0.29) is 11.6 Å². The van der Waals surface area contributed by atoms with Gasteiger partial charge in [-0.05, 0) is 42.3 Å². The Hall–Kier alpha value is -4.58. The van der Waals surface area contributed by atoms with Crippen LogP contribution in [0, 0.1) is 15.9 Å². The zero-order chi connectivity index (χ0) is 25.9. The van der Waals surface area contributed by atoms with Crippen molar-refractivity contribution < 1.29 is 14.1 Å². The molecule has 1 atom stereocenters. The third-order valence-corrected chi connectivity index (χ3v) is 6.61. The maximum Gasteiger partial charge on any atom is 0.269 e. The van der Waals surface area contributed by atoms with Crippen LogP contribution in [0.5, 0.6) is 0 Å². The lowest BCUT2D eigenvalue weighted by Gasteiger charge is -2.28. The summed E-state index contributed by atoms with van der Waals surface area (Å²) in [6.45, 7) is 1.77. The van der Waals surface area contributed by atoms with Gasteiger partial charge < -0.3 is 10.6 Å². The fraction of sp³-hybridized carbons (Fsp3) is 0.120. The number of nitrogens with one attached hydrogen (secondary N) is 2. The fourth-order valence-electron chi connectivity index (χ4n) is 3.94. The molecule has 2 aromatic carbocycles. The van der Waals surface area contributed by atoms with Crippen LogP contribution in [0.15, 0.2) is 89.5 Å². The largest absolute Gasteiger partial charge is 0.328 e. The molecule has 12 heteroatoms. The molecule has 0 fully saturated rings. The number of thioether (sulfide) groups is 1. The van der Waals surface area contributed by atoms with Crippen LogP contribution in [-0.4, -0.2) is 30.6 Å². The lowest BCUT2D eigenvalue weighted by atomic mass is 9.95. The Labute approximate surface area is 214 Å². The summed E-state index contributed by atoms with van der Waals surface area (Å²) in [5, 5.41) is 22.0. The Balaban J connectivity index is 1.45. The van der Waals surface area contributed by atoms with E-state index in [0.29, 0.717) is 39.4 Å². The zero-order valence-corrected chi connectivity index (χ0v) is 20.3. The molecule has 4 aromatic rings. The summed E-state index contributed by atoms with van der Waals surface area (Å²) < 4.78 is 15.3. The Kier molecular flexibility index (Phi) is 6.64. The molecule has 186 valence electrons. The molecule has 5 rings (SSSR count). The molecule has 0 spiro atoms. The number of hydrogen-bond acceptors (Lipinski definition) is 8. The smallest absolute Gasteiger partial charge is 0.269 e. The Morgan fingerprint density at radius 1 is 1.19 bits per heavy atom. The fourth-order valence-corrected chi connectivity index (χ4v) is 4.72. The minimum Gasteiger partial charge on any atom is -0.328 e. The lowest BCUT2D eigenvalue weighted by Crippen LogP contribution is -2.31. The molecular formula is C25H20FN7O3S. The van der Waals surface area contributed by atoms with Gasteiger partial charge in [-0.1, -0.05) is 36.0 Å². The van der Waals surface area contributed by atoms with Crippen LogP contribution in [0.1, 0.15) is 24.1 Å². The van der Waals surface area contributed by atoms with Crippen LogP contribution in [0.25, 0.3) is 0 Å². The first-order valence-electron chi connectivity index (χ1n) is 11.2. The Bertz CT molecular complexity index is 1490. The molecule has 0 saturated carbocycles. The van der Waals surface area contributed by atoms with Crippen molar-refractivity contribution in [3.8, 4) is 0 Å². The van der Waals surface area contributed by atoms with E-state index in [2.05, 4.69) is 25.7 Å². The highest BCUT2D eigenvalue weighted by Crippen LogP contribution is 2.37. The number of benzene rings is 2. The monoisotopic (exact) mass is 517 g/mol. The number of nitro benzene ring substituents is 1. The highest BCUT2D eigenvalue weighted by molar-refractivity contribution is 7.98. The third-order valence-electron chi connectivity index (χ3n) is 5.70. The summed E-state index contributed by atoms with van der Waals surface area (Å²) in [5.41, 5.74) is 3.08. The van der Waals surface area contributed by atoms with Gasteiger partial charge in [-0.3, -0.25) is 19.9 Å². The number of amides is 1. The normalized spacial score (nSPS) is 14.6. The topological polar surface area (TPSA) is 128 Å². The van der Waals surface area contributed by atoms with Gasteiger partial charge in [0.05, 0.1) is 22.4 Å². The van der Waals surface area contributed by atoms with Crippen molar-refractivity contribution in [2.75, 3.05) is 10.6 Å². The molecule has 2 aromatic heterocycles. The molecule has 0 bridgehead atoms. The quantitative estimate of drug-likeness (QED) is 0.200. The number of pyridine rings is 1. The minimum atomic E-state index is -0.658. The second-order valence-electron chi connectivity index (χ2n) is 8.19. The van der Waals surface area contributed by atoms with E-state index in [1.807, 2.05) is 0 Å². The molecule has 3 heterocycles. The van der Waals surface area contributed by atoms with Gasteiger partial charge in [0.25, 0.3) is 11.6 Å². The molecule has 1 amide bonds. The molecule has 2 N–H and O–H groups in total. The zero-order valence-electron chi connectivity index (χ0n) is 19.5. The molecule has 10 nitrogen and oxygen atoms in total. The summed E-state index contributed by atoms with van der Waals surface area (Å²) in [7, 11) is 0. The average Bonchev–Trinajstić information content (AvgIpc) is 3.30. The van der Waals surface area contributed by atoms with Crippen molar-refractivity contribution >= 4 is 35.0 Å². The molecule has 37 heavy (non-hydrogen) atoms. The summed E-state index contributed by atoms with van der Waals surface area (Å²) >= 11 is 1.35.